The number of ether oxygens (including phenoxy) is 3. The average Bonchev–Trinajstić information content (AvgIpc) is 3.03. The summed E-state index contributed by atoms with van der Waals surface area (Å²) in [7, 11) is 3.07. The minimum atomic E-state index is -4.34. The Hall–Kier alpha value is -2.67. The van der Waals surface area contributed by atoms with Gasteiger partial charge >= 0.3 is 6.18 Å². The zero-order valence-electron chi connectivity index (χ0n) is 14.2. The Balaban J connectivity index is 1.66. The molecule has 1 aromatic heterocycles. The Morgan fingerprint density at radius 1 is 0.923 bits per heavy atom. The molecule has 1 heterocycles. The van der Waals surface area contributed by atoms with Crippen LogP contribution in [-0.4, -0.2) is 14.2 Å². The van der Waals surface area contributed by atoms with Crippen LogP contribution in [0.25, 0.3) is 11.0 Å². The van der Waals surface area contributed by atoms with E-state index < -0.39 is 11.7 Å². The summed E-state index contributed by atoms with van der Waals surface area (Å²) in [5, 5.41) is 0.843. The summed E-state index contributed by atoms with van der Waals surface area (Å²) < 4.78 is 59.5. The second-order valence-corrected chi connectivity index (χ2v) is 5.62. The summed E-state index contributed by atoms with van der Waals surface area (Å²) in [6, 6.07) is 10.3. The van der Waals surface area contributed by atoms with Crippen molar-refractivity contribution >= 4 is 11.0 Å². The van der Waals surface area contributed by atoms with Gasteiger partial charge in [0.2, 0.25) is 5.75 Å². The van der Waals surface area contributed by atoms with Gasteiger partial charge in [-0.1, -0.05) is 12.1 Å². The van der Waals surface area contributed by atoms with Crippen LogP contribution < -0.4 is 9.47 Å². The molecule has 0 spiro atoms. The Kier molecular flexibility index (Phi) is 5.08. The van der Waals surface area contributed by atoms with Gasteiger partial charge < -0.3 is 18.6 Å². The fourth-order valence-electron chi connectivity index (χ4n) is 2.60. The third-order valence-corrected chi connectivity index (χ3v) is 3.87. The van der Waals surface area contributed by atoms with Gasteiger partial charge in [-0.05, 0) is 35.9 Å². The van der Waals surface area contributed by atoms with Gasteiger partial charge in [0.1, 0.15) is 12.4 Å². The van der Waals surface area contributed by atoms with Crippen molar-refractivity contribution in [2.75, 3.05) is 14.2 Å². The monoisotopic (exact) mass is 366 g/mol. The second kappa shape index (κ2) is 7.29. The van der Waals surface area contributed by atoms with E-state index >= 15 is 0 Å². The summed E-state index contributed by atoms with van der Waals surface area (Å²) in [6.07, 6.45) is -4.34. The molecule has 26 heavy (non-hydrogen) atoms. The number of hydrogen-bond donors (Lipinski definition) is 0. The molecule has 3 aromatic rings. The number of methoxy groups -OCH3 is 2. The maximum absolute atomic E-state index is 12.5. The fourth-order valence-corrected chi connectivity index (χ4v) is 2.60. The molecule has 0 fully saturated rings. The van der Waals surface area contributed by atoms with Crippen LogP contribution in [0.3, 0.4) is 0 Å². The first-order valence-corrected chi connectivity index (χ1v) is 7.79. The summed E-state index contributed by atoms with van der Waals surface area (Å²) in [4.78, 5) is 0. The van der Waals surface area contributed by atoms with Gasteiger partial charge in [-0.2, -0.15) is 13.2 Å². The van der Waals surface area contributed by atoms with Crippen molar-refractivity contribution in [1.82, 2.24) is 0 Å². The molecule has 0 radical (unpaired) electrons. The molecule has 7 heteroatoms. The summed E-state index contributed by atoms with van der Waals surface area (Å²) in [6.45, 7) is 0.358. The van der Waals surface area contributed by atoms with Crippen molar-refractivity contribution in [2.45, 2.75) is 19.4 Å². The molecule has 0 bridgehead atoms. The van der Waals surface area contributed by atoms with E-state index in [1.165, 1.54) is 19.2 Å². The lowest BCUT2D eigenvalue weighted by Gasteiger charge is -2.08. The smallest absolute Gasteiger partial charge is 0.416 e. The van der Waals surface area contributed by atoms with Crippen LogP contribution >= 0.6 is 0 Å². The molecule has 0 saturated carbocycles. The molecule has 2 aromatic carbocycles. The first kappa shape index (κ1) is 18.1. The molecule has 138 valence electrons. The molecule has 0 unspecified atom stereocenters. The predicted octanol–water partition coefficient (Wildman–Crippen LogP) is 5.19. The van der Waals surface area contributed by atoms with Crippen LogP contribution in [0.4, 0.5) is 13.2 Å². The highest BCUT2D eigenvalue weighted by molar-refractivity contribution is 5.86. The average molecular weight is 366 g/mol. The Morgan fingerprint density at radius 3 is 2.27 bits per heavy atom. The van der Waals surface area contributed by atoms with Crippen molar-refractivity contribution in [3.05, 3.63) is 59.4 Å². The largest absolute Gasteiger partial charge is 0.493 e. The lowest BCUT2D eigenvalue weighted by molar-refractivity contribution is -0.137. The minimum Gasteiger partial charge on any atom is -0.493 e. The molecule has 3 rings (SSSR count). The van der Waals surface area contributed by atoms with E-state index in [1.807, 2.05) is 12.1 Å². The Labute approximate surface area is 148 Å². The molecule has 0 saturated heterocycles. The third-order valence-electron chi connectivity index (χ3n) is 3.87. The van der Waals surface area contributed by atoms with E-state index in [9.17, 15) is 13.2 Å². The number of alkyl halides is 3. The van der Waals surface area contributed by atoms with Gasteiger partial charge in [-0.3, -0.25) is 0 Å². The summed E-state index contributed by atoms with van der Waals surface area (Å²) >= 11 is 0. The lowest BCUT2D eigenvalue weighted by atomic mass is 10.1. The van der Waals surface area contributed by atoms with Gasteiger partial charge in [0.15, 0.2) is 11.3 Å². The number of fused-ring (bicyclic) bond motifs is 1. The molecule has 0 N–H and O–H groups in total. The Morgan fingerprint density at radius 2 is 1.65 bits per heavy atom. The van der Waals surface area contributed by atoms with Gasteiger partial charge in [0.05, 0.1) is 26.4 Å². The molecular weight excluding hydrogens is 349 g/mol. The van der Waals surface area contributed by atoms with Crippen molar-refractivity contribution in [2.24, 2.45) is 0 Å². The van der Waals surface area contributed by atoms with Crippen LogP contribution in [0.2, 0.25) is 0 Å². The van der Waals surface area contributed by atoms with Crippen LogP contribution in [0.1, 0.15) is 16.9 Å². The van der Waals surface area contributed by atoms with E-state index in [-0.39, 0.29) is 13.2 Å². The van der Waals surface area contributed by atoms with E-state index in [0.29, 0.717) is 28.4 Å². The molecule has 0 atom stereocenters. The lowest BCUT2D eigenvalue weighted by Crippen LogP contribution is -2.04. The number of halogens is 3. The van der Waals surface area contributed by atoms with Crippen molar-refractivity contribution in [3.63, 3.8) is 0 Å². The first-order chi connectivity index (χ1) is 12.4. The molecular formula is C19H17F3O4. The minimum absolute atomic E-state index is 0.176. The van der Waals surface area contributed by atoms with Crippen LogP contribution in [0.15, 0.2) is 46.9 Å². The third kappa shape index (κ3) is 3.77. The Bertz CT molecular complexity index is 882. The molecule has 0 aliphatic carbocycles. The number of benzene rings is 2. The molecule has 0 aliphatic rings. The molecule has 0 amide bonds. The second-order valence-electron chi connectivity index (χ2n) is 5.62. The van der Waals surface area contributed by atoms with E-state index in [1.54, 1.807) is 13.2 Å². The van der Waals surface area contributed by atoms with Crippen LogP contribution in [0, 0.1) is 0 Å². The van der Waals surface area contributed by atoms with Gasteiger partial charge in [0.25, 0.3) is 0 Å². The highest BCUT2D eigenvalue weighted by Crippen LogP contribution is 2.37. The van der Waals surface area contributed by atoms with Crippen molar-refractivity contribution in [1.29, 1.82) is 0 Å². The topological polar surface area (TPSA) is 40.8 Å². The standard InChI is InChI=1S/C19H17F3O4/c1-23-16-8-5-13-9-15(26-17(13)18(16)24-2)11-25-10-12-3-6-14(7-4-12)19(20,21)22/h3-9H,10-11H2,1-2H3. The quantitative estimate of drug-likeness (QED) is 0.602. The molecule has 4 nitrogen and oxygen atoms in total. The van der Waals surface area contributed by atoms with E-state index in [0.717, 1.165) is 17.5 Å². The van der Waals surface area contributed by atoms with E-state index in [4.69, 9.17) is 18.6 Å². The number of rotatable bonds is 6. The van der Waals surface area contributed by atoms with Crippen LogP contribution in [-0.2, 0) is 24.1 Å². The fraction of sp³-hybridized carbons (Fsp3) is 0.263. The van der Waals surface area contributed by atoms with E-state index in [2.05, 4.69) is 0 Å². The normalized spacial score (nSPS) is 11.7. The highest BCUT2D eigenvalue weighted by atomic mass is 19.4. The number of furan rings is 1. The maximum atomic E-state index is 12.5. The van der Waals surface area contributed by atoms with Crippen LogP contribution in [0.5, 0.6) is 11.5 Å². The zero-order chi connectivity index (χ0) is 18.7. The number of hydrogen-bond acceptors (Lipinski definition) is 4. The SMILES string of the molecule is COc1ccc2cc(COCc3ccc(C(F)(F)F)cc3)oc2c1OC. The predicted molar refractivity (Wildman–Crippen MR) is 89.3 cm³/mol. The van der Waals surface area contributed by atoms with Gasteiger partial charge in [-0.25, -0.2) is 0 Å². The van der Waals surface area contributed by atoms with Gasteiger partial charge in [0, 0.05) is 5.39 Å². The zero-order valence-corrected chi connectivity index (χ0v) is 14.2. The summed E-state index contributed by atoms with van der Waals surface area (Å²) in [5.41, 5.74) is 0.521. The highest BCUT2D eigenvalue weighted by Gasteiger charge is 2.29. The molecule has 0 aliphatic heterocycles. The maximum Gasteiger partial charge on any atom is 0.416 e. The summed E-state index contributed by atoms with van der Waals surface area (Å²) in [5.74, 6) is 1.64. The first-order valence-electron chi connectivity index (χ1n) is 7.79. The van der Waals surface area contributed by atoms with Gasteiger partial charge in [-0.15, -0.1) is 0 Å². The van der Waals surface area contributed by atoms with Crippen molar-refractivity contribution < 1.29 is 31.8 Å². The van der Waals surface area contributed by atoms with Crippen molar-refractivity contribution in [3.8, 4) is 11.5 Å².